The van der Waals surface area contributed by atoms with Crippen LogP contribution in [0.1, 0.15) is 39.0 Å². The van der Waals surface area contributed by atoms with Gasteiger partial charge in [0, 0.05) is 0 Å². The van der Waals surface area contributed by atoms with Gasteiger partial charge in [-0.15, -0.1) is 0 Å². The van der Waals surface area contributed by atoms with Crippen LogP contribution in [0.5, 0.6) is 0 Å². The summed E-state index contributed by atoms with van der Waals surface area (Å²) >= 11 is 0. The highest BCUT2D eigenvalue weighted by Gasteiger charge is 2.21. The van der Waals surface area contributed by atoms with E-state index in [4.69, 9.17) is 9.47 Å². The molecule has 1 unspecified atom stereocenters. The van der Waals surface area contributed by atoms with E-state index in [0.717, 1.165) is 19.4 Å². The summed E-state index contributed by atoms with van der Waals surface area (Å²) in [7, 11) is 1.41. The Morgan fingerprint density at radius 1 is 1.38 bits per heavy atom. The number of hydrogen-bond donors (Lipinski definition) is 1. The van der Waals surface area contributed by atoms with Gasteiger partial charge < -0.3 is 14.8 Å². The van der Waals surface area contributed by atoms with Crippen LogP contribution in [0.4, 0.5) is 0 Å². The molecule has 0 aromatic rings. The molecule has 0 aliphatic heterocycles. The van der Waals surface area contributed by atoms with Gasteiger partial charge in [0.1, 0.15) is 6.04 Å². The lowest BCUT2D eigenvalue weighted by Gasteiger charge is -2.24. The van der Waals surface area contributed by atoms with E-state index in [1.54, 1.807) is 0 Å². The first-order valence-electron chi connectivity index (χ1n) is 6.20. The molecule has 0 amide bonds. The molecule has 4 nitrogen and oxygen atoms in total. The molecule has 0 bridgehead atoms. The highest BCUT2D eigenvalue weighted by atomic mass is 16.5. The highest BCUT2D eigenvalue weighted by molar-refractivity contribution is 5.75. The number of nitrogens with one attached hydrogen (secondary N) is 1. The second kappa shape index (κ2) is 7.63. The average Bonchev–Trinajstić information content (AvgIpc) is 2.34. The van der Waals surface area contributed by atoms with Crippen LogP contribution in [0.3, 0.4) is 0 Å². The third-order valence-corrected chi connectivity index (χ3v) is 2.99. The van der Waals surface area contributed by atoms with Crippen molar-refractivity contribution in [1.29, 1.82) is 0 Å². The molecule has 0 radical (unpaired) electrons. The van der Waals surface area contributed by atoms with Gasteiger partial charge in [-0.05, 0) is 19.4 Å². The van der Waals surface area contributed by atoms with Crippen molar-refractivity contribution in [3.8, 4) is 0 Å². The molecule has 1 atom stereocenters. The predicted molar refractivity (Wildman–Crippen MR) is 62.3 cm³/mol. The van der Waals surface area contributed by atoms with Crippen molar-refractivity contribution in [3.63, 3.8) is 0 Å². The molecular weight excluding hydrogens is 206 g/mol. The Hall–Kier alpha value is -0.610. The molecule has 0 aromatic carbocycles. The molecule has 1 N–H and O–H groups in total. The normalized spacial score (nSPS) is 19.4. The standard InChI is InChI=1S/C12H23NO3/c1-3-13-11(12(14)15-2)9-16-10-7-5-4-6-8-10/h10-11,13H,3-9H2,1-2H3. The van der Waals surface area contributed by atoms with Crippen LogP contribution in [0, 0.1) is 0 Å². The largest absolute Gasteiger partial charge is 0.468 e. The fraction of sp³-hybridized carbons (Fsp3) is 0.917. The monoisotopic (exact) mass is 229 g/mol. The third-order valence-electron chi connectivity index (χ3n) is 2.99. The van der Waals surface area contributed by atoms with Crippen molar-refractivity contribution in [1.82, 2.24) is 5.32 Å². The Labute approximate surface area is 97.7 Å². The van der Waals surface area contributed by atoms with E-state index in [2.05, 4.69) is 5.32 Å². The number of likely N-dealkylation sites (N-methyl/N-ethyl adjacent to an activating group) is 1. The predicted octanol–water partition coefficient (Wildman–Crippen LogP) is 1.49. The first-order chi connectivity index (χ1) is 7.77. The van der Waals surface area contributed by atoms with E-state index < -0.39 is 0 Å². The fourth-order valence-electron chi connectivity index (χ4n) is 2.06. The zero-order valence-electron chi connectivity index (χ0n) is 10.3. The van der Waals surface area contributed by atoms with E-state index in [9.17, 15) is 4.79 Å². The van der Waals surface area contributed by atoms with E-state index in [-0.39, 0.29) is 12.0 Å². The highest BCUT2D eigenvalue weighted by Crippen LogP contribution is 2.20. The zero-order valence-corrected chi connectivity index (χ0v) is 10.3. The lowest BCUT2D eigenvalue weighted by Crippen LogP contribution is -2.42. The van der Waals surface area contributed by atoms with Gasteiger partial charge in [0.15, 0.2) is 0 Å². The smallest absolute Gasteiger partial charge is 0.325 e. The lowest BCUT2D eigenvalue weighted by molar-refractivity contribution is -0.145. The maximum absolute atomic E-state index is 11.4. The van der Waals surface area contributed by atoms with Crippen LogP contribution >= 0.6 is 0 Å². The van der Waals surface area contributed by atoms with Crippen molar-refractivity contribution in [3.05, 3.63) is 0 Å². The molecule has 94 valence electrons. The van der Waals surface area contributed by atoms with Gasteiger partial charge in [-0.3, -0.25) is 4.79 Å². The van der Waals surface area contributed by atoms with E-state index in [1.165, 1.54) is 26.4 Å². The SMILES string of the molecule is CCNC(COC1CCCCC1)C(=O)OC. The van der Waals surface area contributed by atoms with Gasteiger partial charge in [0.05, 0.1) is 19.8 Å². The van der Waals surface area contributed by atoms with Gasteiger partial charge in [-0.1, -0.05) is 26.2 Å². The molecule has 4 heteroatoms. The number of carbonyl (C=O) groups is 1. The minimum atomic E-state index is -0.322. The van der Waals surface area contributed by atoms with Crippen molar-refractivity contribution >= 4 is 5.97 Å². The summed E-state index contributed by atoms with van der Waals surface area (Å²) in [6.45, 7) is 3.13. The molecule has 0 aromatic heterocycles. The number of hydrogen-bond acceptors (Lipinski definition) is 4. The molecule has 1 aliphatic carbocycles. The fourth-order valence-corrected chi connectivity index (χ4v) is 2.06. The summed E-state index contributed by atoms with van der Waals surface area (Å²) in [4.78, 5) is 11.4. The molecule has 1 aliphatic rings. The first-order valence-corrected chi connectivity index (χ1v) is 6.20. The number of esters is 1. The second-order valence-corrected chi connectivity index (χ2v) is 4.23. The Morgan fingerprint density at radius 3 is 2.62 bits per heavy atom. The summed E-state index contributed by atoms with van der Waals surface area (Å²) in [6.07, 6.45) is 6.39. The quantitative estimate of drug-likeness (QED) is 0.701. The van der Waals surface area contributed by atoms with E-state index in [0.29, 0.717) is 12.7 Å². The van der Waals surface area contributed by atoms with Crippen LogP contribution in [0.25, 0.3) is 0 Å². The lowest BCUT2D eigenvalue weighted by atomic mass is 9.98. The van der Waals surface area contributed by atoms with Gasteiger partial charge in [-0.2, -0.15) is 0 Å². The summed E-state index contributed by atoms with van der Waals surface area (Å²) in [5.41, 5.74) is 0. The molecule has 0 saturated heterocycles. The molecular formula is C12H23NO3. The number of ether oxygens (including phenoxy) is 2. The summed E-state index contributed by atoms with van der Waals surface area (Å²) in [6, 6.07) is -0.322. The van der Waals surface area contributed by atoms with E-state index >= 15 is 0 Å². The van der Waals surface area contributed by atoms with Crippen LogP contribution in [0.15, 0.2) is 0 Å². The Morgan fingerprint density at radius 2 is 2.06 bits per heavy atom. The third kappa shape index (κ3) is 4.49. The molecule has 16 heavy (non-hydrogen) atoms. The maximum atomic E-state index is 11.4. The van der Waals surface area contributed by atoms with Crippen LogP contribution < -0.4 is 5.32 Å². The Bertz CT molecular complexity index is 202. The Kier molecular flexibility index (Phi) is 6.42. The Balaban J connectivity index is 2.27. The number of carbonyl (C=O) groups excluding carboxylic acids is 1. The van der Waals surface area contributed by atoms with Crippen molar-refractivity contribution < 1.29 is 14.3 Å². The topological polar surface area (TPSA) is 47.6 Å². The molecule has 1 rings (SSSR count). The minimum Gasteiger partial charge on any atom is -0.468 e. The van der Waals surface area contributed by atoms with Crippen molar-refractivity contribution in [2.24, 2.45) is 0 Å². The summed E-state index contributed by atoms with van der Waals surface area (Å²) in [5, 5.41) is 3.07. The summed E-state index contributed by atoms with van der Waals surface area (Å²) in [5.74, 6) is -0.238. The second-order valence-electron chi connectivity index (χ2n) is 4.23. The number of methoxy groups -OCH3 is 1. The van der Waals surface area contributed by atoms with Crippen LogP contribution in [-0.2, 0) is 14.3 Å². The molecule has 1 fully saturated rings. The maximum Gasteiger partial charge on any atom is 0.325 e. The zero-order chi connectivity index (χ0) is 11.8. The number of rotatable bonds is 6. The van der Waals surface area contributed by atoms with Gasteiger partial charge in [0.25, 0.3) is 0 Å². The van der Waals surface area contributed by atoms with Crippen molar-refractivity contribution in [2.75, 3.05) is 20.3 Å². The van der Waals surface area contributed by atoms with Crippen LogP contribution in [-0.4, -0.2) is 38.4 Å². The minimum absolute atomic E-state index is 0.238. The van der Waals surface area contributed by atoms with Gasteiger partial charge in [0.2, 0.25) is 0 Å². The summed E-state index contributed by atoms with van der Waals surface area (Å²) < 4.78 is 10.5. The molecule has 0 heterocycles. The van der Waals surface area contributed by atoms with Gasteiger partial charge >= 0.3 is 5.97 Å². The molecule has 1 saturated carbocycles. The first kappa shape index (κ1) is 13.5. The van der Waals surface area contributed by atoms with Crippen LogP contribution in [0.2, 0.25) is 0 Å². The van der Waals surface area contributed by atoms with Gasteiger partial charge in [-0.25, -0.2) is 0 Å². The van der Waals surface area contributed by atoms with Crippen molar-refractivity contribution in [2.45, 2.75) is 51.2 Å². The average molecular weight is 229 g/mol. The van der Waals surface area contributed by atoms with E-state index in [1.807, 2.05) is 6.92 Å². The molecule has 0 spiro atoms.